The second-order valence-corrected chi connectivity index (χ2v) is 8.42. The van der Waals surface area contributed by atoms with Crippen molar-refractivity contribution in [1.29, 1.82) is 0 Å². The number of rotatable bonds is 4. The minimum absolute atomic E-state index is 0.150. The smallest absolute Gasteiger partial charge is 0.261 e. The molecule has 0 saturated carbocycles. The van der Waals surface area contributed by atoms with Gasteiger partial charge in [0.05, 0.1) is 11.4 Å². The van der Waals surface area contributed by atoms with Crippen molar-refractivity contribution in [2.45, 2.75) is 12.5 Å². The molecule has 1 amide bonds. The fourth-order valence-corrected chi connectivity index (χ4v) is 4.85. The van der Waals surface area contributed by atoms with E-state index in [2.05, 4.69) is 5.32 Å². The van der Waals surface area contributed by atoms with Gasteiger partial charge in [-0.1, -0.05) is 36.4 Å². The van der Waals surface area contributed by atoms with Crippen LogP contribution in [0.5, 0.6) is 0 Å². The van der Waals surface area contributed by atoms with Crippen LogP contribution in [0.15, 0.2) is 60.7 Å². The highest BCUT2D eigenvalue weighted by molar-refractivity contribution is 7.20. The van der Waals surface area contributed by atoms with Crippen molar-refractivity contribution in [2.24, 2.45) is 0 Å². The maximum Gasteiger partial charge on any atom is 0.261 e. The van der Waals surface area contributed by atoms with Crippen molar-refractivity contribution in [3.8, 4) is 0 Å². The molecule has 3 nitrogen and oxygen atoms in total. The van der Waals surface area contributed by atoms with E-state index < -0.39 is 5.60 Å². The first-order valence-electron chi connectivity index (χ1n) is 8.01. The van der Waals surface area contributed by atoms with Crippen LogP contribution >= 0.6 is 22.7 Å². The largest absolute Gasteiger partial charge is 0.383 e. The van der Waals surface area contributed by atoms with Gasteiger partial charge < -0.3 is 10.4 Å². The maximum atomic E-state index is 12.5. The number of aliphatic hydroxyl groups is 1. The maximum absolute atomic E-state index is 12.5. The van der Waals surface area contributed by atoms with Gasteiger partial charge >= 0.3 is 0 Å². The highest BCUT2D eigenvalue weighted by Gasteiger charge is 2.26. The predicted molar refractivity (Wildman–Crippen MR) is 106 cm³/mol. The first-order valence-corrected chi connectivity index (χ1v) is 9.64. The van der Waals surface area contributed by atoms with Crippen molar-refractivity contribution in [3.05, 3.63) is 70.4 Å². The van der Waals surface area contributed by atoms with Crippen LogP contribution < -0.4 is 5.32 Å². The molecule has 4 aromatic rings. The summed E-state index contributed by atoms with van der Waals surface area (Å²) in [5.41, 5.74) is -1.10. The fourth-order valence-electron chi connectivity index (χ4n) is 2.77. The number of benzene rings is 2. The number of fused-ring (bicyclic) bond motifs is 2. The summed E-state index contributed by atoms with van der Waals surface area (Å²) in [7, 11) is 0. The summed E-state index contributed by atoms with van der Waals surface area (Å²) >= 11 is 3.02. The molecular formula is C20H17NO2S2. The Kier molecular flexibility index (Phi) is 4.07. The quantitative estimate of drug-likeness (QED) is 0.547. The van der Waals surface area contributed by atoms with Gasteiger partial charge in [0.1, 0.15) is 5.60 Å². The molecule has 2 N–H and O–H groups in total. The molecule has 126 valence electrons. The molecule has 5 heteroatoms. The first kappa shape index (κ1) is 16.3. The van der Waals surface area contributed by atoms with Crippen LogP contribution in [0.2, 0.25) is 0 Å². The first-order chi connectivity index (χ1) is 12.0. The molecule has 2 aromatic carbocycles. The Labute approximate surface area is 153 Å². The lowest BCUT2D eigenvalue weighted by Gasteiger charge is -2.22. The van der Waals surface area contributed by atoms with Gasteiger partial charge in [0, 0.05) is 14.3 Å². The lowest BCUT2D eigenvalue weighted by Crippen LogP contribution is -2.37. The Morgan fingerprint density at radius 3 is 2.24 bits per heavy atom. The van der Waals surface area contributed by atoms with Crippen LogP contribution in [-0.4, -0.2) is 17.6 Å². The highest BCUT2D eigenvalue weighted by Crippen LogP contribution is 2.33. The molecule has 2 heterocycles. The third-order valence-corrected chi connectivity index (χ3v) is 6.68. The number of carbonyl (C=O) groups excluding carboxylic acids is 1. The van der Waals surface area contributed by atoms with E-state index in [0.717, 1.165) is 25.0 Å². The number of amides is 1. The van der Waals surface area contributed by atoms with Crippen molar-refractivity contribution in [3.63, 3.8) is 0 Å². The van der Waals surface area contributed by atoms with Gasteiger partial charge in [-0.15, -0.1) is 22.7 Å². The lowest BCUT2D eigenvalue weighted by molar-refractivity contribution is 0.0558. The van der Waals surface area contributed by atoms with Crippen LogP contribution in [0.3, 0.4) is 0 Å². The molecule has 0 aliphatic heterocycles. The summed E-state index contributed by atoms with van der Waals surface area (Å²) in [4.78, 5) is 14.0. The standard InChI is InChI=1S/C20H17NO2S2/c1-20(23,18-11-14-7-3-5-9-16(14)25-18)12-21-19(22)17-10-13-6-2-4-8-15(13)24-17/h2-11,23H,12H2,1H3,(H,21,22). The topological polar surface area (TPSA) is 49.3 Å². The fraction of sp³-hybridized carbons (Fsp3) is 0.150. The van der Waals surface area contributed by atoms with E-state index in [4.69, 9.17) is 0 Å². The van der Waals surface area contributed by atoms with E-state index in [1.165, 1.54) is 11.3 Å². The SMILES string of the molecule is CC(O)(CNC(=O)c1cc2ccccc2s1)c1cc2ccccc2s1. The Morgan fingerprint density at radius 1 is 1.00 bits per heavy atom. The van der Waals surface area contributed by atoms with Crippen molar-refractivity contribution in [2.75, 3.05) is 6.54 Å². The number of thiophene rings is 2. The van der Waals surface area contributed by atoms with E-state index in [9.17, 15) is 9.90 Å². The summed E-state index contributed by atoms with van der Waals surface area (Å²) in [5, 5.41) is 15.9. The molecule has 2 aromatic heterocycles. The Balaban J connectivity index is 1.51. The second kappa shape index (κ2) is 6.26. The zero-order valence-corrected chi connectivity index (χ0v) is 15.3. The molecule has 1 unspecified atom stereocenters. The van der Waals surface area contributed by atoms with E-state index in [1.54, 1.807) is 18.3 Å². The summed E-state index contributed by atoms with van der Waals surface area (Å²) in [6.07, 6.45) is 0. The second-order valence-electron chi connectivity index (χ2n) is 6.25. The third-order valence-electron chi connectivity index (χ3n) is 4.20. The summed E-state index contributed by atoms with van der Waals surface area (Å²) in [6.45, 7) is 1.91. The zero-order valence-electron chi connectivity index (χ0n) is 13.7. The van der Waals surface area contributed by atoms with Crippen LogP contribution in [0, 0.1) is 0 Å². The van der Waals surface area contributed by atoms with E-state index >= 15 is 0 Å². The average Bonchev–Trinajstić information content (AvgIpc) is 3.23. The Morgan fingerprint density at radius 2 is 1.60 bits per heavy atom. The van der Waals surface area contributed by atoms with Gasteiger partial charge in [0.15, 0.2) is 0 Å². The van der Waals surface area contributed by atoms with Crippen molar-refractivity contribution < 1.29 is 9.90 Å². The number of nitrogens with one attached hydrogen (secondary N) is 1. The van der Waals surface area contributed by atoms with Gasteiger partial charge in [0.25, 0.3) is 5.91 Å². The van der Waals surface area contributed by atoms with Crippen LogP contribution in [0.4, 0.5) is 0 Å². The molecule has 25 heavy (non-hydrogen) atoms. The monoisotopic (exact) mass is 367 g/mol. The minimum Gasteiger partial charge on any atom is -0.383 e. The van der Waals surface area contributed by atoms with E-state index in [0.29, 0.717) is 4.88 Å². The van der Waals surface area contributed by atoms with Gasteiger partial charge in [-0.05, 0) is 42.0 Å². The van der Waals surface area contributed by atoms with Crippen LogP contribution in [-0.2, 0) is 5.60 Å². The molecule has 4 rings (SSSR count). The van der Waals surface area contributed by atoms with Gasteiger partial charge in [-0.2, -0.15) is 0 Å². The predicted octanol–water partition coefficient (Wildman–Crippen LogP) is 4.75. The average molecular weight is 367 g/mol. The molecule has 0 bridgehead atoms. The Hall–Kier alpha value is -2.21. The van der Waals surface area contributed by atoms with Gasteiger partial charge in [0.2, 0.25) is 0 Å². The molecule has 1 atom stereocenters. The van der Waals surface area contributed by atoms with Crippen LogP contribution in [0.25, 0.3) is 20.2 Å². The zero-order chi connectivity index (χ0) is 17.4. The molecule has 0 spiro atoms. The van der Waals surface area contributed by atoms with Crippen molar-refractivity contribution >= 4 is 48.8 Å². The van der Waals surface area contributed by atoms with Gasteiger partial charge in [-0.25, -0.2) is 0 Å². The van der Waals surface area contributed by atoms with E-state index in [-0.39, 0.29) is 12.5 Å². The van der Waals surface area contributed by atoms with E-state index in [1.807, 2.05) is 60.7 Å². The molecule has 0 aliphatic carbocycles. The molecule has 0 aliphatic rings. The summed E-state index contributed by atoms with van der Waals surface area (Å²) < 4.78 is 2.22. The highest BCUT2D eigenvalue weighted by atomic mass is 32.1. The number of carbonyl (C=O) groups is 1. The molecule has 0 fully saturated rings. The van der Waals surface area contributed by atoms with Gasteiger partial charge in [-0.3, -0.25) is 4.79 Å². The summed E-state index contributed by atoms with van der Waals surface area (Å²) in [5.74, 6) is -0.150. The number of hydrogen-bond acceptors (Lipinski definition) is 4. The summed E-state index contributed by atoms with van der Waals surface area (Å²) in [6, 6.07) is 19.8. The molecular weight excluding hydrogens is 350 g/mol. The molecule has 0 radical (unpaired) electrons. The molecule has 0 saturated heterocycles. The lowest BCUT2D eigenvalue weighted by atomic mass is 10.0. The Bertz CT molecular complexity index is 996. The van der Waals surface area contributed by atoms with Crippen molar-refractivity contribution in [1.82, 2.24) is 5.32 Å². The number of hydrogen-bond donors (Lipinski definition) is 2. The third kappa shape index (κ3) is 3.18. The van der Waals surface area contributed by atoms with Crippen LogP contribution in [0.1, 0.15) is 21.5 Å². The minimum atomic E-state index is -1.10. The normalized spacial score (nSPS) is 13.8.